The molecular formula is C21H26N6O2. The van der Waals surface area contributed by atoms with E-state index in [-0.39, 0.29) is 12.0 Å². The van der Waals surface area contributed by atoms with Gasteiger partial charge in [0, 0.05) is 55.9 Å². The number of amides is 1. The van der Waals surface area contributed by atoms with Crippen LogP contribution in [0.25, 0.3) is 0 Å². The lowest BCUT2D eigenvalue weighted by Gasteiger charge is -2.19. The van der Waals surface area contributed by atoms with Crippen LogP contribution in [0.5, 0.6) is 5.75 Å². The Balaban J connectivity index is 1.42. The van der Waals surface area contributed by atoms with Crippen LogP contribution in [-0.4, -0.2) is 48.0 Å². The zero-order valence-electron chi connectivity index (χ0n) is 17.1. The van der Waals surface area contributed by atoms with Crippen molar-refractivity contribution in [2.75, 3.05) is 6.54 Å². The second-order valence-corrected chi connectivity index (χ2v) is 7.24. The number of carbonyl (C=O) groups is 1. The molecule has 1 aliphatic rings. The molecular weight excluding hydrogens is 368 g/mol. The fraction of sp³-hybridized carbons (Fsp3) is 0.429. The lowest BCUT2D eigenvalue weighted by Crippen LogP contribution is -2.31. The average molecular weight is 394 g/mol. The second-order valence-electron chi connectivity index (χ2n) is 7.24. The molecule has 0 spiro atoms. The van der Waals surface area contributed by atoms with E-state index in [0.29, 0.717) is 25.3 Å². The normalized spacial score (nSPS) is 15.3. The summed E-state index contributed by atoms with van der Waals surface area (Å²) in [5, 5.41) is 9.02. The SMILES string of the molecule is CCN(Cc1cn(CC)nc1C)C(=O)c1cc2n(n1)C[C@@H](Oc1ccncc1)C2. The summed E-state index contributed by atoms with van der Waals surface area (Å²) in [5.74, 6) is 0.747. The van der Waals surface area contributed by atoms with Crippen molar-refractivity contribution in [2.45, 2.75) is 52.9 Å². The second kappa shape index (κ2) is 8.06. The third-order valence-corrected chi connectivity index (χ3v) is 5.25. The highest BCUT2D eigenvalue weighted by Crippen LogP contribution is 2.22. The molecule has 0 radical (unpaired) electrons. The van der Waals surface area contributed by atoms with Crippen molar-refractivity contribution < 1.29 is 9.53 Å². The number of fused-ring (bicyclic) bond motifs is 1. The number of hydrogen-bond donors (Lipinski definition) is 0. The fourth-order valence-corrected chi connectivity index (χ4v) is 3.63. The van der Waals surface area contributed by atoms with Crippen molar-refractivity contribution in [3.05, 3.63) is 59.4 Å². The van der Waals surface area contributed by atoms with Crippen LogP contribution < -0.4 is 4.74 Å². The molecule has 0 N–H and O–H groups in total. The molecule has 0 bridgehead atoms. The molecule has 8 nitrogen and oxygen atoms in total. The Bertz CT molecular complexity index is 971. The molecule has 1 aliphatic heterocycles. The smallest absolute Gasteiger partial charge is 0.274 e. The Morgan fingerprint density at radius 3 is 2.72 bits per heavy atom. The first-order valence-corrected chi connectivity index (χ1v) is 10.0. The van der Waals surface area contributed by atoms with Crippen LogP contribution in [0.15, 0.2) is 36.8 Å². The molecule has 1 atom stereocenters. The summed E-state index contributed by atoms with van der Waals surface area (Å²) in [6.07, 6.45) is 6.20. The predicted molar refractivity (Wildman–Crippen MR) is 108 cm³/mol. The van der Waals surface area contributed by atoms with Gasteiger partial charge in [0.1, 0.15) is 11.9 Å². The third kappa shape index (κ3) is 4.01. The van der Waals surface area contributed by atoms with E-state index in [2.05, 4.69) is 22.1 Å². The topological polar surface area (TPSA) is 78.1 Å². The van der Waals surface area contributed by atoms with Gasteiger partial charge in [-0.1, -0.05) is 0 Å². The maximum atomic E-state index is 13.0. The van der Waals surface area contributed by atoms with E-state index >= 15 is 0 Å². The summed E-state index contributed by atoms with van der Waals surface area (Å²) in [7, 11) is 0. The lowest BCUT2D eigenvalue weighted by molar-refractivity contribution is 0.0744. The minimum Gasteiger partial charge on any atom is -0.488 e. The van der Waals surface area contributed by atoms with Gasteiger partial charge in [-0.3, -0.25) is 19.1 Å². The van der Waals surface area contributed by atoms with E-state index in [4.69, 9.17) is 4.74 Å². The molecule has 4 heterocycles. The molecule has 0 aliphatic carbocycles. The Hall–Kier alpha value is -3.16. The van der Waals surface area contributed by atoms with E-state index in [1.165, 1.54) is 0 Å². The quantitative estimate of drug-likeness (QED) is 0.615. The van der Waals surface area contributed by atoms with Gasteiger partial charge in [-0.25, -0.2) is 0 Å². The number of ether oxygens (including phenoxy) is 1. The summed E-state index contributed by atoms with van der Waals surface area (Å²) in [6.45, 7) is 8.63. The molecule has 3 aromatic heterocycles. The maximum Gasteiger partial charge on any atom is 0.274 e. The van der Waals surface area contributed by atoms with Gasteiger partial charge in [-0.2, -0.15) is 10.2 Å². The van der Waals surface area contributed by atoms with Gasteiger partial charge in [-0.05, 0) is 39.0 Å². The molecule has 3 aromatic rings. The first kappa shape index (κ1) is 19.2. The number of aryl methyl sites for hydroxylation is 2. The number of carbonyl (C=O) groups excluding carboxylic acids is 1. The molecule has 4 rings (SSSR count). The van der Waals surface area contributed by atoms with Crippen molar-refractivity contribution >= 4 is 5.91 Å². The van der Waals surface area contributed by atoms with Crippen LogP contribution >= 0.6 is 0 Å². The van der Waals surface area contributed by atoms with Crippen molar-refractivity contribution in [3.8, 4) is 5.75 Å². The van der Waals surface area contributed by atoms with E-state index < -0.39 is 0 Å². The van der Waals surface area contributed by atoms with Gasteiger partial charge in [-0.15, -0.1) is 0 Å². The Morgan fingerprint density at radius 1 is 1.28 bits per heavy atom. The summed E-state index contributed by atoms with van der Waals surface area (Å²) >= 11 is 0. The largest absolute Gasteiger partial charge is 0.488 e. The number of hydrogen-bond acceptors (Lipinski definition) is 5. The summed E-state index contributed by atoms with van der Waals surface area (Å²) < 4.78 is 9.77. The predicted octanol–water partition coefficient (Wildman–Crippen LogP) is 2.47. The molecule has 0 saturated heterocycles. The zero-order valence-corrected chi connectivity index (χ0v) is 17.1. The standard InChI is InChI=1S/C21H26N6O2/c1-4-25(12-16-13-26(5-2)23-15(16)3)21(28)20-11-17-10-19(14-27(17)24-20)29-18-6-8-22-9-7-18/h6-9,11,13,19H,4-5,10,12,14H2,1-3H3/t19-/m0/s1. The lowest BCUT2D eigenvalue weighted by atomic mass is 10.2. The zero-order chi connectivity index (χ0) is 20.4. The van der Waals surface area contributed by atoms with Gasteiger partial charge < -0.3 is 9.64 Å². The summed E-state index contributed by atoms with van der Waals surface area (Å²) in [4.78, 5) is 18.8. The minimum absolute atomic E-state index is 0.0221. The van der Waals surface area contributed by atoms with Crippen LogP contribution in [-0.2, 0) is 26.1 Å². The molecule has 0 saturated carbocycles. The molecule has 1 amide bonds. The average Bonchev–Trinajstić information content (AvgIpc) is 3.39. The van der Waals surface area contributed by atoms with Crippen LogP contribution in [0.2, 0.25) is 0 Å². The van der Waals surface area contributed by atoms with Crippen molar-refractivity contribution in [1.82, 2.24) is 29.4 Å². The summed E-state index contributed by atoms with van der Waals surface area (Å²) in [6, 6.07) is 5.58. The Kier molecular flexibility index (Phi) is 5.33. The first-order valence-electron chi connectivity index (χ1n) is 10.0. The number of rotatable bonds is 7. The molecule has 29 heavy (non-hydrogen) atoms. The van der Waals surface area contributed by atoms with E-state index in [1.54, 1.807) is 12.4 Å². The minimum atomic E-state index is -0.0512. The van der Waals surface area contributed by atoms with Crippen molar-refractivity contribution in [1.29, 1.82) is 0 Å². The molecule has 0 aromatic carbocycles. The van der Waals surface area contributed by atoms with Crippen LogP contribution in [0.3, 0.4) is 0 Å². The third-order valence-electron chi connectivity index (χ3n) is 5.25. The molecule has 0 fully saturated rings. The van der Waals surface area contributed by atoms with E-state index in [0.717, 1.165) is 35.7 Å². The molecule has 0 unspecified atom stereocenters. The maximum absolute atomic E-state index is 13.0. The van der Waals surface area contributed by atoms with Gasteiger partial charge in [0.25, 0.3) is 5.91 Å². The number of aromatic nitrogens is 5. The molecule has 8 heteroatoms. The van der Waals surface area contributed by atoms with E-state index in [1.807, 2.05) is 52.5 Å². The monoisotopic (exact) mass is 394 g/mol. The van der Waals surface area contributed by atoms with Gasteiger partial charge in [0.05, 0.1) is 12.2 Å². The number of pyridine rings is 1. The van der Waals surface area contributed by atoms with Crippen LogP contribution in [0.1, 0.15) is 41.3 Å². The van der Waals surface area contributed by atoms with Crippen LogP contribution in [0, 0.1) is 6.92 Å². The van der Waals surface area contributed by atoms with Crippen molar-refractivity contribution in [3.63, 3.8) is 0 Å². The molecule has 152 valence electrons. The highest BCUT2D eigenvalue weighted by atomic mass is 16.5. The highest BCUT2D eigenvalue weighted by Gasteiger charge is 2.28. The van der Waals surface area contributed by atoms with Gasteiger partial charge in [0.15, 0.2) is 5.69 Å². The number of nitrogens with zero attached hydrogens (tertiary/aromatic N) is 6. The van der Waals surface area contributed by atoms with Crippen molar-refractivity contribution in [2.24, 2.45) is 0 Å². The highest BCUT2D eigenvalue weighted by molar-refractivity contribution is 5.92. The van der Waals surface area contributed by atoms with E-state index in [9.17, 15) is 4.79 Å². The van der Waals surface area contributed by atoms with Gasteiger partial charge in [0.2, 0.25) is 0 Å². The Labute approximate surface area is 170 Å². The fourth-order valence-electron chi connectivity index (χ4n) is 3.63. The van der Waals surface area contributed by atoms with Gasteiger partial charge >= 0.3 is 0 Å². The van der Waals surface area contributed by atoms with Crippen LogP contribution in [0.4, 0.5) is 0 Å². The first-order chi connectivity index (χ1) is 14.1. The Morgan fingerprint density at radius 2 is 2.07 bits per heavy atom. The summed E-state index contributed by atoms with van der Waals surface area (Å²) in [5.41, 5.74) is 3.55.